The van der Waals surface area contributed by atoms with Gasteiger partial charge in [-0.05, 0) is 93.6 Å². The predicted octanol–water partition coefficient (Wildman–Crippen LogP) is 7.18. The van der Waals surface area contributed by atoms with Gasteiger partial charge >= 0.3 is 0 Å². The molecule has 1 aliphatic rings. The van der Waals surface area contributed by atoms with Gasteiger partial charge in [0.1, 0.15) is 18.3 Å². The molecule has 8 nitrogen and oxygen atoms in total. The van der Waals surface area contributed by atoms with E-state index >= 15 is 0 Å². The Morgan fingerprint density at radius 3 is 2.18 bits per heavy atom. The molecule has 0 saturated heterocycles. The molecule has 242 valence electrons. The molecular formula is C33H39Cl2N3O5S2. The highest BCUT2D eigenvalue weighted by Gasteiger charge is 2.34. The highest BCUT2D eigenvalue weighted by atomic mass is 35.5. The van der Waals surface area contributed by atoms with E-state index in [2.05, 4.69) is 5.32 Å². The summed E-state index contributed by atoms with van der Waals surface area (Å²) in [4.78, 5) is 30.1. The van der Waals surface area contributed by atoms with Crippen LogP contribution in [-0.4, -0.2) is 56.6 Å². The Balaban J connectivity index is 1.71. The first-order chi connectivity index (χ1) is 21.5. The van der Waals surface area contributed by atoms with Gasteiger partial charge in [0, 0.05) is 33.1 Å². The van der Waals surface area contributed by atoms with Crippen LogP contribution in [0.3, 0.4) is 0 Å². The molecule has 0 spiro atoms. The molecular weight excluding hydrogens is 653 g/mol. The van der Waals surface area contributed by atoms with Crippen LogP contribution in [0, 0.1) is 0 Å². The van der Waals surface area contributed by atoms with Crippen molar-refractivity contribution in [2.45, 2.75) is 74.4 Å². The van der Waals surface area contributed by atoms with Crippen molar-refractivity contribution in [3.05, 3.63) is 82.3 Å². The minimum Gasteiger partial charge on any atom is -0.494 e. The Hall–Kier alpha value is -2.92. The number of halogens is 2. The third kappa shape index (κ3) is 8.87. The van der Waals surface area contributed by atoms with Crippen LogP contribution in [0.4, 0.5) is 5.69 Å². The van der Waals surface area contributed by atoms with Crippen molar-refractivity contribution in [1.29, 1.82) is 0 Å². The average Bonchev–Trinajstić information content (AvgIpc) is 3.04. The highest BCUT2D eigenvalue weighted by molar-refractivity contribution is 7.98. The maximum absolute atomic E-state index is 14.3. The summed E-state index contributed by atoms with van der Waals surface area (Å²) in [5.74, 6) is -0.339. The Kier molecular flexibility index (Phi) is 12.5. The summed E-state index contributed by atoms with van der Waals surface area (Å²) in [5.41, 5.74) is 0.741. The Bertz CT molecular complexity index is 1540. The van der Waals surface area contributed by atoms with Crippen molar-refractivity contribution in [3.63, 3.8) is 0 Å². The van der Waals surface area contributed by atoms with Gasteiger partial charge in [0.15, 0.2) is 0 Å². The Morgan fingerprint density at radius 1 is 0.978 bits per heavy atom. The molecule has 1 N–H and O–H groups in total. The van der Waals surface area contributed by atoms with Crippen LogP contribution in [0.15, 0.2) is 76.5 Å². The average molecular weight is 693 g/mol. The number of nitrogens with zero attached hydrogens (tertiary/aromatic N) is 2. The van der Waals surface area contributed by atoms with Crippen LogP contribution < -0.4 is 14.4 Å². The molecule has 45 heavy (non-hydrogen) atoms. The quantitative estimate of drug-likeness (QED) is 0.191. The third-order valence-corrected chi connectivity index (χ3v) is 11.1. The van der Waals surface area contributed by atoms with Gasteiger partial charge < -0.3 is 15.0 Å². The van der Waals surface area contributed by atoms with Crippen LogP contribution in [0.5, 0.6) is 5.75 Å². The van der Waals surface area contributed by atoms with E-state index in [0.29, 0.717) is 28.0 Å². The molecule has 1 saturated carbocycles. The van der Waals surface area contributed by atoms with Crippen LogP contribution in [0.2, 0.25) is 10.0 Å². The van der Waals surface area contributed by atoms with Crippen molar-refractivity contribution in [2.24, 2.45) is 0 Å². The van der Waals surface area contributed by atoms with E-state index in [1.807, 2.05) is 13.2 Å². The van der Waals surface area contributed by atoms with Crippen molar-refractivity contribution >= 4 is 62.5 Å². The van der Waals surface area contributed by atoms with Gasteiger partial charge in [0.25, 0.3) is 10.0 Å². The van der Waals surface area contributed by atoms with Gasteiger partial charge in [-0.15, -0.1) is 11.8 Å². The number of amides is 2. The zero-order valence-corrected chi connectivity index (χ0v) is 28.8. The van der Waals surface area contributed by atoms with Crippen molar-refractivity contribution in [1.82, 2.24) is 10.2 Å². The first kappa shape index (κ1) is 34.9. The van der Waals surface area contributed by atoms with E-state index in [4.69, 9.17) is 27.9 Å². The lowest BCUT2D eigenvalue weighted by atomic mass is 9.95. The number of carbonyl (C=O) groups excluding carboxylic acids is 2. The molecule has 12 heteroatoms. The van der Waals surface area contributed by atoms with Crippen molar-refractivity contribution < 1.29 is 22.7 Å². The molecule has 0 bridgehead atoms. The van der Waals surface area contributed by atoms with Crippen LogP contribution in [0.1, 0.15) is 51.5 Å². The third-order valence-electron chi connectivity index (χ3n) is 7.87. The maximum Gasteiger partial charge on any atom is 0.264 e. The van der Waals surface area contributed by atoms with E-state index in [-0.39, 0.29) is 29.1 Å². The second-order valence-corrected chi connectivity index (χ2v) is 14.4. The molecule has 0 aliphatic heterocycles. The van der Waals surface area contributed by atoms with Crippen molar-refractivity contribution in [3.8, 4) is 5.75 Å². The molecule has 3 aromatic carbocycles. The van der Waals surface area contributed by atoms with Gasteiger partial charge in [-0.25, -0.2) is 8.42 Å². The summed E-state index contributed by atoms with van der Waals surface area (Å²) in [7, 11) is -4.21. The van der Waals surface area contributed by atoms with E-state index in [1.165, 1.54) is 28.8 Å². The summed E-state index contributed by atoms with van der Waals surface area (Å²) < 4.78 is 34.9. The molecule has 0 aromatic heterocycles. The van der Waals surface area contributed by atoms with Crippen LogP contribution in [0.25, 0.3) is 0 Å². The number of anilines is 1. The number of rotatable bonds is 13. The normalized spacial score (nSPS) is 14.4. The first-order valence-corrected chi connectivity index (χ1v) is 18.4. The van der Waals surface area contributed by atoms with Gasteiger partial charge in [0.05, 0.1) is 17.2 Å². The number of thioether (sulfide) groups is 1. The number of benzene rings is 3. The summed E-state index contributed by atoms with van der Waals surface area (Å²) in [5, 5.41) is 3.77. The smallest absolute Gasteiger partial charge is 0.264 e. The number of nitrogens with one attached hydrogen (secondary N) is 1. The number of sulfonamides is 1. The number of ether oxygens (including phenoxy) is 1. The summed E-state index contributed by atoms with van der Waals surface area (Å²) in [6.07, 6.45) is 6.85. The lowest BCUT2D eigenvalue weighted by molar-refractivity contribution is -0.139. The molecule has 1 aliphatic carbocycles. The standard InChI is InChI=1S/C33H39Cl2N3O5S2/c1-4-43-26-15-13-25(14-16-26)38(45(41,42)28-19-17-27(44-3)18-20-28)22-32(39)37(21-29-30(34)11-8-12-31(29)35)23(2)33(40)36-24-9-6-5-7-10-24/h8,11-20,23-24H,4-7,9-10,21-22H2,1-3H3,(H,36,40)/t23-/m1/s1. The second kappa shape index (κ2) is 16.1. The zero-order valence-electron chi connectivity index (χ0n) is 25.7. The highest BCUT2D eigenvalue weighted by Crippen LogP contribution is 2.30. The van der Waals surface area contributed by atoms with Crippen molar-refractivity contribution in [2.75, 3.05) is 23.7 Å². The Morgan fingerprint density at radius 2 is 1.60 bits per heavy atom. The molecule has 2 amide bonds. The topological polar surface area (TPSA) is 96.0 Å². The summed E-state index contributed by atoms with van der Waals surface area (Å²) >= 11 is 14.5. The summed E-state index contributed by atoms with van der Waals surface area (Å²) in [6.45, 7) is 3.28. The van der Waals surface area contributed by atoms with E-state index in [1.54, 1.807) is 61.5 Å². The maximum atomic E-state index is 14.3. The Labute approximate surface area is 280 Å². The van der Waals surface area contributed by atoms with E-state index in [9.17, 15) is 18.0 Å². The number of carbonyl (C=O) groups is 2. The van der Waals surface area contributed by atoms with Crippen LogP contribution >= 0.6 is 35.0 Å². The lowest BCUT2D eigenvalue weighted by Crippen LogP contribution is -2.53. The lowest BCUT2D eigenvalue weighted by Gasteiger charge is -2.33. The van der Waals surface area contributed by atoms with Gasteiger partial charge in [-0.2, -0.15) is 0 Å². The molecule has 3 aromatic rings. The molecule has 0 heterocycles. The van der Waals surface area contributed by atoms with E-state index in [0.717, 1.165) is 41.3 Å². The fraction of sp³-hybridized carbons (Fsp3) is 0.394. The largest absolute Gasteiger partial charge is 0.494 e. The molecule has 1 atom stereocenters. The molecule has 1 fully saturated rings. The van der Waals surface area contributed by atoms with Crippen LogP contribution in [-0.2, 0) is 26.2 Å². The summed E-state index contributed by atoms with van der Waals surface area (Å²) in [6, 6.07) is 17.1. The molecule has 0 radical (unpaired) electrons. The van der Waals surface area contributed by atoms with Gasteiger partial charge in [-0.1, -0.05) is 48.5 Å². The SMILES string of the molecule is CCOc1ccc(N(CC(=O)N(Cc2c(Cl)cccc2Cl)[C@H](C)C(=O)NC2CCCCC2)S(=O)(=O)c2ccc(SC)cc2)cc1. The molecule has 4 rings (SSSR count). The second-order valence-electron chi connectivity index (χ2n) is 10.9. The predicted molar refractivity (Wildman–Crippen MR) is 182 cm³/mol. The number of hydrogen-bond donors (Lipinski definition) is 1. The minimum absolute atomic E-state index is 0.0274. The zero-order chi connectivity index (χ0) is 32.6. The van der Waals surface area contributed by atoms with Gasteiger partial charge in [-0.3, -0.25) is 13.9 Å². The first-order valence-electron chi connectivity index (χ1n) is 15.0. The monoisotopic (exact) mass is 691 g/mol. The molecule has 0 unspecified atom stereocenters. The van der Waals surface area contributed by atoms with Gasteiger partial charge in [0.2, 0.25) is 11.8 Å². The van der Waals surface area contributed by atoms with E-state index < -0.39 is 28.5 Å². The minimum atomic E-state index is -4.21. The fourth-order valence-corrected chi connectivity index (χ4v) is 7.62. The fourth-order valence-electron chi connectivity index (χ4n) is 5.28. The number of hydrogen-bond acceptors (Lipinski definition) is 6.